The molecular formula is C14H13F2NS. The highest BCUT2D eigenvalue weighted by molar-refractivity contribution is 7.99. The highest BCUT2D eigenvalue weighted by atomic mass is 32.2. The highest BCUT2D eigenvalue weighted by Crippen LogP contribution is 2.34. The van der Waals surface area contributed by atoms with E-state index in [1.807, 2.05) is 0 Å². The van der Waals surface area contributed by atoms with Gasteiger partial charge in [-0.1, -0.05) is 30.0 Å². The molecule has 0 fully saturated rings. The largest absolute Gasteiger partial charge is 0.324 e. The molecule has 2 aromatic carbocycles. The minimum absolute atomic E-state index is 0.267. The molecule has 2 aromatic rings. The zero-order chi connectivity index (χ0) is 13.1. The molecule has 0 spiro atoms. The molecule has 0 aromatic heterocycles. The van der Waals surface area contributed by atoms with Crippen LogP contribution < -0.4 is 5.73 Å². The number of nitrogens with two attached hydrogens (primary N) is 1. The van der Waals surface area contributed by atoms with E-state index in [0.717, 1.165) is 5.56 Å². The van der Waals surface area contributed by atoms with Gasteiger partial charge in [0.1, 0.15) is 11.6 Å². The van der Waals surface area contributed by atoms with Crippen LogP contribution in [0.25, 0.3) is 0 Å². The van der Waals surface area contributed by atoms with E-state index in [0.29, 0.717) is 9.79 Å². The summed E-state index contributed by atoms with van der Waals surface area (Å²) in [5, 5.41) is 0. The van der Waals surface area contributed by atoms with Crippen LogP contribution in [-0.4, -0.2) is 0 Å². The molecule has 2 N–H and O–H groups in total. The topological polar surface area (TPSA) is 26.0 Å². The Balaban J connectivity index is 2.39. The van der Waals surface area contributed by atoms with Gasteiger partial charge in [-0.05, 0) is 36.8 Å². The van der Waals surface area contributed by atoms with E-state index in [-0.39, 0.29) is 17.7 Å². The first kappa shape index (κ1) is 13.1. The number of hydrogen-bond donors (Lipinski definition) is 1. The Bertz CT molecular complexity index is 555. The molecule has 0 unspecified atom stereocenters. The maximum atomic E-state index is 13.8. The van der Waals surface area contributed by atoms with Crippen LogP contribution >= 0.6 is 11.8 Å². The standard InChI is InChI=1S/C14H13F2NS/c1-9(17)12-6-3-7-13(16)14(12)18-11-5-2-4-10(15)8-11/h2-9H,17H2,1H3/t9-/m1/s1. The van der Waals surface area contributed by atoms with Crippen LogP contribution in [-0.2, 0) is 0 Å². The van der Waals surface area contributed by atoms with Crippen LogP contribution in [0.5, 0.6) is 0 Å². The van der Waals surface area contributed by atoms with Crippen LogP contribution in [0.1, 0.15) is 18.5 Å². The van der Waals surface area contributed by atoms with E-state index < -0.39 is 0 Å². The molecule has 0 bridgehead atoms. The molecule has 0 aliphatic rings. The van der Waals surface area contributed by atoms with Gasteiger partial charge in [0.05, 0.1) is 4.90 Å². The molecule has 94 valence electrons. The normalized spacial score (nSPS) is 12.4. The van der Waals surface area contributed by atoms with Gasteiger partial charge in [-0.3, -0.25) is 0 Å². The summed E-state index contributed by atoms with van der Waals surface area (Å²) >= 11 is 1.19. The van der Waals surface area contributed by atoms with E-state index in [9.17, 15) is 8.78 Å². The van der Waals surface area contributed by atoms with Gasteiger partial charge in [0.25, 0.3) is 0 Å². The first-order chi connectivity index (χ1) is 8.58. The Hall–Kier alpha value is -1.39. The first-order valence-electron chi connectivity index (χ1n) is 5.55. The predicted octanol–water partition coefficient (Wildman–Crippen LogP) is 4.14. The van der Waals surface area contributed by atoms with Crippen LogP contribution in [0, 0.1) is 11.6 Å². The second kappa shape index (κ2) is 5.50. The molecule has 0 aliphatic heterocycles. The summed E-state index contributed by atoms with van der Waals surface area (Å²) in [5.41, 5.74) is 6.54. The second-order valence-electron chi connectivity index (χ2n) is 4.01. The smallest absolute Gasteiger partial charge is 0.137 e. The molecule has 18 heavy (non-hydrogen) atoms. The molecule has 0 saturated carbocycles. The first-order valence-corrected chi connectivity index (χ1v) is 6.37. The summed E-state index contributed by atoms with van der Waals surface area (Å²) in [4.78, 5) is 1.11. The van der Waals surface area contributed by atoms with E-state index in [2.05, 4.69) is 0 Å². The van der Waals surface area contributed by atoms with Gasteiger partial charge in [0, 0.05) is 10.9 Å². The minimum atomic E-state index is -0.335. The summed E-state index contributed by atoms with van der Waals surface area (Å²) in [6.45, 7) is 1.80. The van der Waals surface area contributed by atoms with Gasteiger partial charge >= 0.3 is 0 Å². The van der Waals surface area contributed by atoms with Gasteiger partial charge < -0.3 is 5.73 Å². The van der Waals surface area contributed by atoms with Crippen molar-refractivity contribution in [3.8, 4) is 0 Å². The van der Waals surface area contributed by atoms with Crippen molar-refractivity contribution in [2.45, 2.75) is 22.8 Å². The lowest BCUT2D eigenvalue weighted by molar-refractivity contribution is 0.591. The molecular weight excluding hydrogens is 252 g/mol. The molecule has 2 rings (SSSR count). The van der Waals surface area contributed by atoms with Crippen LogP contribution in [0.4, 0.5) is 8.78 Å². The zero-order valence-corrected chi connectivity index (χ0v) is 10.7. The van der Waals surface area contributed by atoms with Crippen molar-refractivity contribution in [3.63, 3.8) is 0 Å². The van der Waals surface area contributed by atoms with Crippen molar-refractivity contribution in [2.24, 2.45) is 5.73 Å². The molecule has 1 atom stereocenters. The monoisotopic (exact) mass is 265 g/mol. The molecule has 0 radical (unpaired) electrons. The van der Waals surface area contributed by atoms with Crippen molar-refractivity contribution in [1.29, 1.82) is 0 Å². The fourth-order valence-electron chi connectivity index (χ4n) is 1.64. The summed E-state index contributed by atoms with van der Waals surface area (Å²) in [6.07, 6.45) is 0. The van der Waals surface area contributed by atoms with Crippen LogP contribution in [0.3, 0.4) is 0 Å². The Morgan fingerprint density at radius 3 is 2.50 bits per heavy atom. The van der Waals surface area contributed by atoms with Gasteiger partial charge in [0.15, 0.2) is 0 Å². The van der Waals surface area contributed by atoms with E-state index >= 15 is 0 Å². The second-order valence-corrected chi connectivity index (χ2v) is 5.09. The van der Waals surface area contributed by atoms with Crippen molar-refractivity contribution < 1.29 is 8.78 Å². The Labute approximate surface area is 109 Å². The molecule has 0 saturated heterocycles. The molecule has 4 heteroatoms. The quantitative estimate of drug-likeness (QED) is 0.902. The lowest BCUT2D eigenvalue weighted by Crippen LogP contribution is -2.07. The summed E-state index contributed by atoms with van der Waals surface area (Å²) < 4.78 is 26.9. The summed E-state index contributed by atoms with van der Waals surface area (Å²) in [5.74, 6) is -0.669. The Morgan fingerprint density at radius 1 is 1.11 bits per heavy atom. The number of halogens is 2. The van der Waals surface area contributed by atoms with E-state index in [1.54, 1.807) is 31.2 Å². The average molecular weight is 265 g/mol. The fourth-order valence-corrected chi connectivity index (χ4v) is 2.73. The minimum Gasteiger partial charge on any atom is -0.324 e. The summed E-state index contributed by atoms with van der Waals surface area (Å²) in [7, 11) is 0. The Morgan fingerprint density at radius 2 is 1.83 bits per heavy atom. The van der Waals surface area contributed by atoms with Crippen molar-refractivity contribution >= 4 is 11.8 Å². The van der Waals surface area contributed by atoms with Crippen LogP contribution in [0.2, 0.25) is 0 Å². The van der Waals surface area contributed by atoms with Crippen LogP contribution in [0.15, 0.2) is 52.3 Å². The lowest BCUT2D eigenvalue weighted by Gasteiger charge is -2.13. The van der Waals surface area contributed by atoms with E-state index in [1.165, 1.54) is 30.0 Å². The number of rotatable bonds is 3. The SMILES string of the molecule is C[C@@H](N)c1cccc(F)c1Sc1cccc(F)c1. The van der Waals surface area contributed by atoms with Crippen molar-refractivity contribution in [3.05, 3.63) is 59.7 Å². The van der Waals surface area contributed by atoms with Crippen molar-refractivity contribution in [1.82, 2.24) is 0 Å². The third kappa shape index (κ3) is 2.89. The van der Waals surface area contributed by atoms with Gasteiger partial charge in [-0.25, -0.2) is 8.78 Å². The maximum Gasteiger partial charge on any atom is 0.137 e. The predicted molar refractivity (Wildman–Crippen MR) is 69.5 cm³/mol. The van der Waals surface area contributed by atoms with E-state index in [4.69, 9.17) is 5.73 Å². The van der Waals surface area contributed by atoms with Crippen molar-refractivity contribution in [2.75, 3.05) is 0 Å². The fraction of sp³-hybridized carbons (Fsp3) is 0.143. The van der Waals surface area contributed by atoms with Gasteiger partial charge in [0.2, 0.25) is 0 Å². The third-order valence-electron chi connectivity index (χ3n) is 2.50. The number of hydrogen-bond acceptors (Lipinski definition) is 2. The third-order valence-corrected chi connectivity index (χ3v) is 3.63. The zero-order valence-electron chi connectivity index (χ0n) is 9.86. The van der Waals surface area contributed by atoms with Gasteiger partial charge in [-0.2, -0.15) is 0 Å². The van der Waals surface area contributed by atoms with Gasteiger partial charge in [-0.15, -0.1) is 0 Å². The average Bonchev–Trinajstić information content (AvgIpc) is 2.31. The molecule has 0 aliphatic carbocycles. The highest BCUT2D eigenvalue weighted by Gasteiger charge is 2.13. The molecule has 0 heterocycles. The molecule has 1 nitrogen and oxygen atoms in total. The summed E-state index contributed by atoms with van der Waals surface area (Å²) in [6, 6.07) is 10.6. The maximum absolute atomic E-state index is 13.8. The Kier molecular flexibility index (Phi) is 3.99. The molecule has 0 amide bonds. The lowest BCUT2D eigenvalue weighted by atomic mass is 10.1. The number of benzene rings is 2.